The summed E-state index contributed by atoms with van der Waals surface area (Å²) in [5.74, 6) is -0.722. The monoisotopic (exact) mass is 376 g/mol. The second kappa shape index (κ2) is 7.11. The first-order chi connectivity index (χ1) is 13.5. The molecule has 0 unspecified atom stereocenters. The number of fused-ring (bicyclic) bond motifs is 1. The van der Waals surface area contributed by atoms with E-state index in [4.69, 9.17) is 0 Å². The molecule has 0 bridgehead atoms. The van der Waals surface area contributed by atoms with Crippen LogP contribution in [-0.4, -0.2) is 20.0 Å². The molecule has 0 aliphatic heterocycles. The molecule has 0 fully saturated rings. The maximum atomic E-state index is 13.3. The van der Waals surface area contributed by atoms with E-state index < -0.39 is 11.5 Å². The molecule has 1 amide bonds. The third-order valence-electron chi connectivity index (χ3n) is 4.38. The zero-order valence-electron chi connectivity index (χ0n) is 15.1. The normalized spacial score (nSPS) is 10.9. The van der Waals surface area contributed by atoms with Gasteiger partial charge < -0.3 is 5.32 Å². The van der Waals surface area contributed by atoms with Gasteiger partial charge in [0.1, 0.15) is 12.4 Å². The summed E-state index contributed by atoms with van der Waals surface area (Å²) in [6, 6.07) is 16.4. The average molecular weight is 376 g/mol. The van der Waals surface area contributed by atoms with Crippen LogP contribution in [0.5, 0.6) is 0 Å². The van der Waals surface area contributed by atoms with Gasteiger partial charge in [-0.1, -0.05) is 12.1 Å². The number of amides is 1. The molecule has 4 aromatic rings. The molecule has 0 aliphatic carbocycles. The van der Waals surface area contributed by atoms with Gasteiger partial charge in [-0.25, -0.2) is 18.7 Å². The van der Waals surface area contributed by atoms with Crippen molar-refractivity contribution in [3.05, 3.63) is 88.7 Å². The largest absolute Gasteiger partial charge is 0.335 e. The smallest absolute Gasteiger partial charge is 0.325 e. The Hall–Kier alpha value is -3.74. The summed E-state index contributed by atoms with van der Waals surface area (Å²) < 4.78 is 16.0. The molecule has 1 N–H and O–H groups in total. The second-order valence-electron chi connectivity index (χ2n) is 6.44. The number of carbonyl (C=O) groups is 1. The lowest BCUT2D eigenvalue weighted by molar-refractivity contribution is -0.116. The van der Waals surface area contributed by atoms with E-state index in [1.807, 2.05) is 25.1 Å². The van der Waals surface area contributed by atoms with Crippen LogP contribution in [0.25, 0.3) is 16.9 Å². The molecule has 4 rings (SSSR count). The van der Waals surface area contributed by atoms with Crippen molar-refractivity contribution in [2.45, 2.75) is 13.5 Å². The molecule has 2 aromatic heterocycles. The van der Waals surface area contributed by atoms with E-state index in [0.717, 1.165) is 5.56 Å². The van der Waals surface area contributed by atoms with Gasteiger partial charge in [-0.3, -0.25) is 9.36 Å². The number of hydrogen-bond donors (Lipinski definition) is 1. The maximum absolute atomic E-state index is 13.3. The van der Waals surface area contributed by atoms with Crippen LogP contribution in [0.2, 0.25) is 0 Å². The summed E-state index contributed by atoms with van der Waals surface area (Å²) in [5.41, 5.74) is 2.68. The van der Waals surface area contributed by atoms with Crippen molar-refractivity contribution in [2.75, 3.05) is 5.32 Å². The van der Waals surface area contributed by atoms with Gasteiger partial charge >= 0.3 is 5.69 Å². The number of hydrogen-bond acceptors (Lipinski definition) is 3. The van der Waals surface area contributed by atoms with Crippen LogP contribution in [0.1, 0.15) is 5.56 Å². The average Bonchev–Trinajstić information content (AvgIpc) is 2.94. The van der Waals surface area contributed by atoms with Crippen LogP contribution in [0, 0.1) is 12.7 Å². The molecule has 6 nitrogen and oxygen atoms in total. The Morgan fingerprint density at radius 3 is 2.64 bits per heavy atom. The lowest BCUT2D eigenvalue weighted by atomic mass is 10.2. The number of carbonyl (C=O) groups excluding carboxylic acids is 1. The molecule has 0 aliphatic rings. The highest BCUT2D eigenvalue weighted by Crippen LogP contribution is 2.16. The van der Waals surface area contributed by atoms with Crippen LogP contribution in [0.4, 0.5) is 10.1 Å². The predicted molar refractivity (Wildman–Crippen MR) is 105 cm³/mol. The molecular formula is C21H17FN4O2. The van der Waals surface area contributed by atoms with Gasteiger partial charge in [0.05, 0.1) is 11.2 Å². The van der Waals surface area contributed by atoms with Crippen molar-refractivity contribution in [3.63, 3.8) is 0 Å². The third-order valence-corrected chi connectivity index (χ3v) is 4.38. The highest BCUT2D eigenvalue weighted by Gasteiger charge is 2.17. The highest BCUT2D eigenvalue weighted by atomic mass is 19.1. The van der Waals surface area contributed by atoms with Crippen molar-refractivity contribution in [1.82, 2.24) is 14.1 Å². The number of benzene rings is 2. The second-order valence-corrected chi connectivity index (χ2v) is 6.44. The Morgan fingerprint density at radius 2 is 1.89 bits per heavy atom. The minimum atomic E-state index is -0.417. The van der Waals surface area contributed by atoms with E-state index >= 15 is 0 Å². The lowest BCUT2D eigenvalue weighted by Gasteiger charge is -2.07. The minimum Gasteiger partial charge on any atom is -0.325 e. The number of halogens is 1. The van der Waals surface area contributed by atoms with E-state index in [1.54, 1.807) is 24.4 Å². The SMILES string of the molecule is Cc1cccc(NC(=O)Cn2c(=O)n(-c3ccc(F)cc3)c3ncccc32)c1. The Morgan fingerprint density at radius 1 is 1.11 bits per heavy atom. The van der Waals surface area contributed by atoms with Crippen molar-refractivity contribution in [3.8, 4) is 5.69 Å². The Bertz CT molecular complexity index is 1230. The van der Waals surface area contributed by atoms with Gasteiger partial charge in [0.2, 0.25) is 5.91 Å². The minimum absolute atomic E-state index is 0.164. The summed E-state index contributed by atoms with van der Waals surface area (Å²) >= 11 is 0. The molecule has 0 atom stereocenters. The fourth-order valence-electron chi connectivity index (χ4n) is 3.13. The summed E-state index contributed by atoms with van der Waals surface area (Å²) in [5, 5.41) is 2.80. The third kappa shape index (κ3) is 3.29. The quantitative estimate of drug-likeness (QED) is 0.594. The molecular weight excluding hydrogens is 359 g/mol. The molecule has 28 heavy (non-hydrogen) atoms. The molecule has 0 saturated carbocycles. The van der Waals surface area contributed by atoms with Crippen LogP contribution in [0.3, 0.4) is 0 Å². The summed E-state index contributed by atoms with van der Waals surface area (Å²) in [4.78, 5) is 29.8. The maximum Gasteiger partial charge on any atom is 0.335 e. The van der Waals surface area contributed by atoms with Gasteiger partial charge in [-0.2, -0.15) is 0 Å². The van der Waals surface area contributed by atoms with E-state index in [1.165, 1.54) is 33.4 Å². The van der Waals surface area contributed by atoms with E-state index in [-0.39, 0.29) is 12.5 Å². The van der Waals surface area contributed by atoms with Crippen molar-refractivity contribution in [2.24, 2.45) is 0 Å². The number of imidazole rings is 1. The summed E-state index contributed by atoms with van der Waals surface area (Å²) in [7, 11) is 0. The van der Waals surface area contributed by atoms with Crippen molar-refractivity contribution < 1.29 is 9.18 Å². The molecule has 0 radical (unpaired) electrons. The van der Waals surface area contributed by atoms with Gasteiger partial charge in [0.15, 0.2) is 5.65 Å². The Labute approximate surface area is 159 Å². The number of nitrogens with zero attached hydrogens (tertiary/aromatic N) is 3. The van der Waals surface area contributed by atoms with Crippen molar-refractivity contribution >= 4 is 22.8 Å². The van der Waals surface area contributed by atoms with Crippen molar-refractivity contribution in [1.29, 1.82) is 0 Å². The highest BCUT2D eigenvalue weighted by molar-refractivity contribution is 5.91. The van der Waals surface area contributed by atoms with Gasteiger partial charge in [0, 0.05) is 11.9 Å². The number of pyridine rings is 1. The number of rotatable bonds is 4. The number of anilines is 1. The molecule has 2 aromatic carbocycles. The topological polar surface area (TPSA) is 68.9 Å². The Balaban J connectivity index is 1.73. The van der Waals surface area contributed by atoms with Crippen LogP contribution in [0.15, 0.2) is 71.7 Å². The first-order valence-corrected chi connectivity index (χ1v) is 8.71. The first-order valence-electron chi connectivity index (χ1n) is 8.71. The predicted octanol–water partition coefficient (Wildman–Crippen LogP) is 3.27. The molecule has 140 valence electrons. The van der Waals surface area contributed by atoms with E-state index in [2.05, 4.69) is 10.3 Å². The standard InChI is InChI=1S/C21H17FN4O2/c1-14-4-2-5-16(12-14)24-19(27)13-25-18-6-3-11-23-20(18)26(21(25)28)17-9-7-15(22)8-10-17/h2-12H,13H2,1H3,(H,24,27). The van der Waals surface area contributed by atoms with Gasteiger partial charge in [0.25, 0.3) is 0 Å². The zero-order chi connectivity index (χ0) is 19.7. The first kappa shape index (κ1) is 17.7. The molecule has 0 saturated heterocycles. The Kier molecular flexibility index (Phi) is 4.49. The summed E-state index contributed by atoms with van der Waals surface area (Å²) in [6.07, 6.45) is 1.57. The fraction of sp³-hybridized carbons (Fsp3) is 0.0952. The van der Waals surface area contributed by atoms with E-state index in [9.17, 15) is 14.0 Å². The van der Waals surface area contributed by atoms with Crippen LogP contribution in [-0.2, 0) is 11.3 Å². The van der Waals surface area contributed by atoms with Gasteiger partial charge in [-0.05, 0) is 61.0 Å². The van der Waals surface area contributed by atoms with Gasteiger partial charge in [-0.15, -0.1) is 0 Å². The lowest BCUT2D eigenvalue weighted by Crippen LogP contribution is -2.29. The van der Waals surface area contributed by atoms with Crippen LogP contribution >= 0.6 is 0 Å². The van der Waals surface area contributed by atoms with Crippen LogP contribution < -0.4 is 11.0 Å². The fourth-order valence-corrected chi connectivity index (χ4v) is 3.13. The molecule has 2 heterocycles. The molecule has 7 heteroatoms. The number of nitrogens with one attached hydrogen (secondary N) is 1. The summed E-state index contributed by atoms with van der Waals surface area (Å²) in [6.45, 7) is 1.77. The number of aryl methyl sites for hydroxylation is 1. The molecule has 0 spiro atoms. The zero-order valence-corrected chi connectivity index (χ0v) is 15.1. The van der Waals surface area contributed by atoms with E-state index in [0.29, 0.717) is 22.5 Å². The number of aromatic nitrogens is 3.